The highest BCUT2D eigenvalue weighted by atomic mass is 35.5. The molecule has 0 bridgehead atoms. The largest absolute Gasteiger partial charge is 0.325 e. The summed E-state index contributed by atoms with van der Waals surface area (Å²) < 4.78 is 0. The number of hydrogen-bond acceptors (Lipinski definition) is 1. The SMILES string of the molecule is CC(C)(C)C1CCC(N)(Cc2cc(Cl)ccc2Cl)CC1. The van der Waals surface area contributed by atoms with E-state index < -0.39 is 0 Å². The number of nitrogens with two attached hydrogens (primary N) is 1. The molecule has 1 aromatic carbocycles. The Morgan fingerprint density at radius 3 is 2.35 bits per heavy atom. The topological polar surface area (TPSA) is 26.0 Å². The predicted molar refractivity (Wildman–Crippen MR) is 88.5 cm³/mol. The fraction of sp³-hybridized carbons (Fsp3) is 0.647. The van der Waals surface area contributed by atoms with Crippen molar-refractivity contribution in [1.82, 2.24) is 0 Å². The van der Waals surface area contributed by atoms with Gasteiger partial charge in [-0.25, -0.2) is 0 Å². The zero-order valence-corrected chi connectivity index (χ0v) is 14.2. The summed E-state index contributed by atoms with van der Waals surface area (Å²) in [6.07, 6.45) is 5.37. The van der Waals surface area contributed by atoms with Crippen LogP contribution in [0.4, 0.5) is 0 Å². The molecular formula is C17H25Cl2N. The van der Waals surface area contributed by atoms with E-state index in [0.717, 1.165) is 40.8 Å². The fourth-order valence-electron chi connectivity index (χ4n) is 3.29. The van der Waals surface area contributed by atoms with Crippen LogP contribution < -0.4 is 5.73 Å². The molecule has 2 rings (SSSR count). The molecule has 0 aliphatic heterocycles. The minimum atomic E-state index is -0.129. The lowest BCUT2D eigenvalue weighted by Crippen LogP contribution is -2.46. The Morgan fingerprint density at radius 2 is 1.80 bits per heavy atom. The predicted octanol–water partition coefficient (Wildman–Crippen LogP) is 5.47. The van der Waals surface area contributed by atoms with Gasteiger partial charge in [-0.2, -0.15) is 0 Å². The second-order valence-corrected chi connectivity index (χ2v) is 8.26. The lowest BCUT2D eigenvalue weighted by Gasteiger charge is -2.42. The summed E-state index contributed by atoms with van der Waals surface area (Å²) in [6.45, 7) is 6.99. The minimum Gasteiger partial charge on any atom is -0.325 e. The van der Waals surface area contributed by atoms with Crippen molar-refractivity contribution in [3.05, 3.63) is 33.8 Å². The van der Waals surface area contributed by atoms with E-state index in [9.17, 15) is 0 Å². The Labute approximate surface area is 132 Å². The van der Waals surface area contributed by atoms with Crippen molar-refractivity contribution in [2.75, 3.05) is 0 Å². The number of benzene rings is 1. The molecule has 0 unspecified atom stereocenters. The van der Waals surface area contributed by atoms with Crippen molar-refractivity contribution in [1.29, 1.82) is 0 Å². The first-order valence-electron chi connectivity index (χ1n) is 7.42. The van der Waals surface area contributed by atoms with Crippen LogP contribution in [0, 0.1) is 11.3 Å². The van der Waals surface area contributed by atoms with Gasteiger partial charge in [0.2, 0.25) is 0 Å². The molecule has 3 heteroatoms. The van der Waals surface area contributed by atoms with Gasteiger partial charge in [-0.15, -0.1) is 0 Å². The molecule has 2 N–H and O–H groups in total. The quantitative estimate of drug-likeness (QED) is 0.769. The lowest BCUT2D eigenvalue weighted by molar-refractivity contribution is 0.134. The van der Waals surface area contributed by atoms with E-state index >= 15 is 0 Å². The van der Waals surface area contributed by atoms with E-state index in [4.69, 9.17) is 28.9 Å². The maximum absolute atomic E-state index is 6.61. The molecule has 0 atom stereocenters. The van der Waals surface area contributed by atoms with Crippen LogP contribution in [0.1, 0.15) is 52.0 Å². The van der Waals surface area contributed by atoms with Crippen LogP contribution in [-0.4, -0.2) is 5.54 Å². The average Bonchev–Trinajstić information content (AvgIpc) is 2.33. The van der Waals surface area contributed by atoms with Crippen LogP contribution in [0.3, 0.4) is 0 Å². The molecule has 0 amide bonds. The number of hydrogen-bond donors (Lipinski definition) is 1. The van der Waals surface area contributed by atoms with Gasteiger partial charge in [0, 0.05) is 15.6 Å². The molecule has 0 aromatic heterocycles. The van der Waals surface area contributed by atoms with Gasteiger partial charge in [-0.05, 0) is 67.2 Å². The molecule has 1 aliphatic carbocycles. The van der Waals surface area contributed by atoms with E-state index in [0.29, 0.717) is 5.41 Å². The summed E-state index contributed by atoms with van der Waals surface area (Å²) >= 11 is 12.3. The average molecular weight is 314 g/mol. The Bertz CT molecular complexity index is 468. The van der Waals surface area contributed by atoms with Gasteiger partial charge < -0.3 is 5.73 Å². The smallest absolute Gasteiger partial charge is 0.0439 e. The van der Waals surface area contributed by atoms with Crippen molar-refractivity contribution in [3.8, 4) is 0 Å². The molecule has 0 saturated heterocycles. The van der Waals surface area contributed by atoms with Crippen LogP contribution in [0.25, 0.3) is 0 Å². The Morgan fingerprint density at radius 1 is 1.20 bits per heavy atom. The zero-order valence-electron chi connectivity index (χ0n) is 12.7. The van der Waals surface area contributed by atoms with Crippen molar-refractivity contribution in [2.24, 2.45) is 17.1 Å². The van der Waals surface area contributed by atoms with Gasteiger partial charge in [0.1, 0.15) is 0 Å². The monoisotopic (exact) mass is 313 g/mol. The number of halogens is 2. The molecule has 20 heavy (non-hydrogen) atoms. The third-order valence-electron chi connectivity index (χ3n) is 4.76. The molecule has 1 aromatic rings. The molecule has 112 valence electrons. The second-order valence-electron chi connectivity index (χ2n) is 7.42. The molecule has 0 radical (unpaired) electrons. The molecule has 0 spiro atoms. The van der Waals surface area contributed by atoms with Crippen molar-refractivity contribution < 1.29 is 0 Å². The fourth-order valence-corrected chi connectivity index (χ4v) is 3.67. The lowest BCUT2D eigenvalue weighted by atomic mass is 9.66. The third-order valence-corrected chi connectivity index (χ3v) is 5.36. The van der Waals surface area contributed by atoms with Crippen LogP contribution in [0.15, 0.2) is 18.2 Å². The van der Waals surface area contributed by atoms with Crippen molar-refractivity contribution in [2.45, 2.75) is 58.4 Å². The minimum absolute atomic E-state index is 0.129. The van der Waals surface area contributed by atoms with Gasteiger partial charge in [-0.1, -0.05) is 44.0 Å². The third kappa shape index (κ3) is 3.90. The van der Waals surface area contributed by atoms with E-state index in [1.165, 1.54) is 12.8 Å². The van der Waals surface area contributed by atoms with Gasteiger partial charge >= 0.3 is 0 Å². The summed E-state index contributed by atoms with van der Waals surface area (Å²) in [4.78, 5) is 0. The highest BCUT2D eigenvalue weighted by molar-refractivity contribution is 6.33. The van der Waals surface area contributed by atoms with E-state index in [2.05, 4.69) is 20.8 Å². The maximum Gasteiger partial charge on any atom is 0.0439 e. The normalized spacial score (nSPS) is 27.6. The highest BCUT2D eigenvalue weighted by Crippen LogP contribution is 2.42. The first kappa shape index (κ1) is 16.1. The van der Waals surface area contributed by atoms with Crippen LogP contribution in [-0.2, 0) is 6.42 Å². The molecular weight excluding hydrogens is 289 g/mol. The summed E-state index contributed by atoms with van der Waals surface area (Å²) in [7, 11) is 0. The summed E-state index contributed by atoms with van der Waals surface area (Å²) in [5, 5.41) is 1.51. The van der Waals surface area contributed by atoms with Gasteiger partial charge in [0.25, 0.3) is 0 Å². The summed E-state index contributed by atoms with van der Waals surface area (Å²) in [5.41, 5.74) is 7.95. The molecule has 1 aliphatic rings. The van der Waals surface area contributed by atoms with Gasteiger partial charge in [-0.3, -0.25) is 0 Å². The molecule has 0 heterocycles. The number of rotatable bonds is 2. The van der Waals surface area contributed by atoms with Crippen molar-refractivity contribution in [3.63, 3.8) is 0 Å². The van der Waals surface area contributed by atoms with Crippen LogP contribution in [0.5, 0.6) is 0 Å². The van der Waals surface area contributed by atoms with Crippen LogP contribution >= 0.6 is 23.2 Å². The second kappa shape index (κ2) is 5.87. The Hall–Kier alpha value is -0.240. The van der Waals surface area contributed by atoms with Gasteiger partial charge in [0.05, 0.1) is 0 Å². The first-order valence-corrected chi connectivity index (χ1v) is 8.18. The van der Waals surface area contributed by atoms with Crippen molar-refractivity contribution >= 4 is 23.2 Å². The highest BCUT2D eigenvalue weighted by Gasteiger charge is 2.36. The molecule has 1 nitrogen and oxygen atoms in total. The Balaban J connectivity index is 2.05. The molecule has 1 saturated carbocycles. The van der Waals surface area contributed by atoms with Gasteiger partial charge in [0.15, 0.2) is 0 Å². The zero-order chi connectivity index (χ0) is 15.0. The van der Waals surface area contributed by atoms with E-state index in [1.807, 2.05) is 18.2 Å². The van der Waals surface area contributed by atoms with Crippen LogP contribution in [0.2, 0.25) is 10.0 Å². The standard InChI is InChI=1S/C17H25Cl2N/c1-16(2,3)13-6-8-17(20,9-7-13)11-12-10-14(18)4-5-15(12)19/h4-5,10,13H,6-9,11,20H2,1-3H3. The summed E-state index contributed by atoms with van der Waals surface area (Å²) in [6, 6.07) is 5.64. The Kier molecular flexibility index (Phi) is 4.73. The summed E-state index contributed by atoms with van der Waals surface area (Å²) in [5.74, 6) is 0.772. The first-order chi connectivity index (χ1) is 9.20. The maximum atomic E-state index is 6.61. The molecule has 1 fully saturated rings. The van der Waals surface area contributed by atoms with E-state index in [-0.39, 0.29) is 5.54 Å². The van der Waals surface area contributed by atoms with E-state index in [1.54, 1.807) is 0 Å².